The standard InChI is InChI=1S/C15H25N3.H3NO/c1-15(2,3)14(16)12-7-8-13(17-11-12)18-9-5-4-6-10-18;1-2/h7-8,11,14H,4-6,9-10,16H2,1-3H3;2H,1H2. The van der Waals surface area contributed by atoms with Crippen molar-refractivity contribution < 1.29 is 5.21 Å². The van der Waals surface area contributed by atoms with E-state index >= 15 is 0 Å². The Kier molecular flexibility index (Phi) is 6.39. The highest BCUT2D eigenvalue weighted by molar-refractivity contribution is 5.40. The van der Waals surface area contributed by atoms with Gasteiger partial charge >= 0.3 is 0 Å². The van der Waals surface area contributed by atoms with Gasteiger partial charge in [0.15, 0.2) is 0 Å². The molecule has 1 aromatic rings. The SMILES string of the molecule is CC(C)(C)C(N)c1ccc(N2CCCCC2)nc1.NO. The van der Waals surface area contributed by atoms with Crippen molar-refractivity contribution in [2.24, 2.45) is 17.0 Å². The zero-order chi connectivity index (χ0) is 15.2. The second-order valence-electron chi connectivity index (χ2n) is 6.34. The third-order valence-electron chi connectivity index (χ3n) is 3.74. The third kappa shape index (κ3) is 4.44. The van der Waals surface area contributed by atoms with Gasteiger partial charge in [0.05, 0.1) is 0 Å². The molecule has 1 atom stereocenters. The summed E-state index contributed by atoms with van der Waals surface area (Å²) in [6, 6.07) is 4.29. The Labute approximate surface area is 121 Å². The van der Waals surface area contributed by atoms with Crippen molar-refractivity contribution in [1.82, 2.24) is 4.98 Å². The minimum absolute atomic E-state index is 0.0420. The fraction of sp³-hybridized carbons (Fsp3) is 0.667. The van der Waals surface area contributed by atoms with Gasteiger partial charge in [-0.1, -0.05) is 26.8 Å². The molecule has 5 nitrogen and oxygen atoms in total. The highest BCUT2D eigenvalue weighted by Crippen LogP contribution is 2.30. The predicted octanol–water partition coefficient (Wildman–Crippen LogP) is 2.45. The number of nitrogens with two attached hydrogens (primary N) is 2. The molecule has 1 aliphatic rings. The topological polar surface area (TPSA) is 88.4 Å². The van der Waals surface area contributed by atoms with E-state index in [0.29, 0.717) is 0 Å². The lowest BCUT2D eigenvalue weighted by Crippen LogP contribution is -2.30. The van der Waals surface area contributed by atoms with Gasteiger partial charge in [-0.3, -0.25) is 0 Å². The number of anilines is 1. The van der Waals surface area contributed by atoms with Gasteiger partial charge in [0.1, 0.15) is 5.82 Å². The van der Waals surface area contributed by atoms with E-state index in [1.54, 1.807) is 0 Å². The quantitative estimate of drug-likeness (QED) is 0.724. The van der Waals surface area contributed by atoms with Crippen molar-refractivity contribution in [3.05, 3.63) is 23.9 Å². The van der Waals surface area contributed by atoms with Gasteiger partial charge in [-0.25, -0.2) is 10.9 Å². The van der Waals surface area contributed by atoms with Gasteiger partial charge in [-0.15, -0.1) is 0 Å². The third-order valence-corrected chi connectivity index (χ3v) is 3.74. The molecule has 1 aromatic heterocycles. The summed E-state index contributed by atoms with van der Waals surface area (Å²) in [5.74, 6) is 4.60. The van der Waals surface area contributed by atoms with E-state index in [9.17, 15) is 0 Å². The first-order chi connectivity index (χ1) is 9.48. The molecule has 1 aliphatic heterocycles. The highest BCUT2D eigenvalue weighted by Gasteiger charge is 2.22. The maximum Gasteiger partial charge on any atom is 0.128 e. The second-order valence-corrected chi connectivity index (χ2v) is 6.34. The van der Waals surface area contributed by atoms with Crippen LogP contribution in [0.3, 0.4) is 0 Å². The maximum absolute atomic E-state index is 6.50. The number of hydrogen-bond donors (Lipinski definition) is 3. The Morgan fingerprint density at radius 1 is 1.15 bits per heavy atom. The van der Waals surface area contributed by atoms with Crippen LogP contribution in [0.15, 0.2) is 18.3 Å². The van der Waals surface area contributed by atoms with Crippen LogP contribution in [0, 0.1) is 5.41 Å². The summed E-state index contributed by atoms with van der Waals surface area (Å²) in [6.45, 7) is 8.76. The number of rotatable bonds is 2. The van der Waals surface area contributed by atoms with Gasteiger partial charge in [0, 0.05) is 25.3 Å². The molecule has 0 saturated carbocycles. The van der Waals surface area contributed by atoms with E-state index < -0.39 is 0 Å². The molecule has 0 aromatic carbocycles. The van der Waals surface area contributed by atoms with Crippen LogP contribution < -0.4 is 16.5 Å². The van der Waals surface area contributed by atoms with E-state index in [-0.39, 0.29) is 11.5 Å². The molecule has 0 aliphatic carbocycles. The zero-order valence-corrected chi connectivity index (χ0v) is 12.8. The number of piperidine rings is 1. The Balaban J connectivity index is 0.000000956. The van der Waals surface area contributed by atoms with Crippen LogP contribution in [0.2, 0.25) is 0 Å². The lowest BCUT2D eigenvalue weighted by molar-refractivity contribution is 0.311. The molecule has 5 heteroatoms. The van der Waals surface area contributed by atoms with E-state index in [1.807, 2.05) is 6.20 Å². The molecule has 114 valence electrons. The molecule has 2 heterocycles. The van der Waals surface area contributed by atoms with Gasteiger partial charge in [-0.2, -0.15) is 0 Å². The first-order valence-electron chi connectivity index (χ1n) is 7.21. The minimum Gasteiger partial charge on any atom is -0.357 e. The number of hydrogen-bond acceptors (Lipinski definition) is 5. The summed E-state index contributed by atoms with van der Waals surface area (Å²) >= 11 is 0. The number of aromatic nitrogens is 1. The van der Waals surface area contributed by atoms with E-state index in [4.69, 9.17) is 10.9 Å². The van der Waals surface area contributed by atoms with Crippen molar-refractivity contribution in [2.45, 2.75) is 46.1 Å². The summed E-state index contributed by atoms with van der Waals surface area (Å²) < 4.78 is 0. The first-order valence-corrected chi connectivity index (χ1v) is 7.21. The summed E-state index contributed by atoms with van der Waals surface area (Å²) in [4.78, 5) is 6.95. The van der Waals surface area contributed by atoms with Crippen molar-refractivity contribution in [1.29, 1.82) is 0 Å². The van der Waals surface area contributed by atoms with Gasteiger partial charge < -0.3 is 15.8 Å². The molecule has 0 radical (unpaired) electrons. The fourth-order valence-electron chi connectivity index (χ4n) is 2.39. The Morgan fingerprint density at radius 2 is 1.75 bits per heavy atom. The number of nitrogens with zero attached hydrogens (tertiary/aromatic N) is 2. The predicted molar refractivity (Wildman–Crippen MR) is 82.7 cm³/mol. The molecule has 0 amide bonds. The Hall–Kier alpha value is -1.17. The van der Waals surface area contributed by atoms with Gasteiger partial charge in [-0.05, 0) is 36.3 Å². The summed E-state index contributed by atoms with van der Waals surface area (Å²) in [5, 5.41) is 6.50. The molecule has 20 heavy (non-hydrogen) atoms. The normalized spacial score (nSPS) is 17.2. The van der Waals surface area contributed by atoms with E-state index in [2.05, 4.69) is 48.7 Å². The van der Waals surface area contributed by atoms with E-state index in [1.165, 1.54) is 19.3 Å². The Morgan fingerprint density at radius 3 is 2.20 bits per heavy atom. The molecular formula is C15H28N4O. The average Bonchev–Trinajstić information content (AvgIpc) is 2.49. The molecule has 5 N–H and O–H groups in total. The number of pyridine rings is 1. The second kappa shape index (κ2) is 7.57. The maximum atomic E-state index is 6.50. The molecule has 1 saturated heterocycles. The monoisotopic (exact) mass is 280 g/mol. The van der Waals surface area contributed by atoms with Crippen LogP contribution in [0.25, 0.3) is 0 Å². The lowest BCUT2D eigenvalue weighted by Gasteiger charge is -2.29. The summed E-state index contributed by atoms with van der Waals surface area (Å²) in [6.07, 6.45) is 5.86. The van der Waals surface area contributed by atoms with E-state index in [0.717, 1.165) is 24.5 Å². The largest absolute Gasteiger partial charge is 0.357 e. The smallest absolute Gasteiger partial charge is 0.128 e. The molecule has 2 rings (SSSR count). The van der Waals surface area contributed by atoms with Crippen LogP contribution in [-0.2, 0) is 0 Å². The highest BCUT2D eigenvalue weighted by atomic mass is 16.4. The van der Waals surface area contributed by atoms with Crippen LogP contribution in [0.4, 0.5) is 5.82 Å². The summed E-state index contributed by atoms with van der Waals surface area (Å²) in [7, 11) is 0. The van der Waals surface area contributed by atoms with Crippen molar-refractivity contribution in [2.75, 3.05) is 18.0 Å². The molecule has 0 spiro atoms. The minimum atomic E-state index is 0.0420. The van der Waals surface area contributed by atoms with Crippen LogP contribution in [0.5, 0.6) is 0 Å². The zero-order valence-electron chi connectivity index (χ0n) is 12.8. The van der Waals surface area contributed by atoms with Crippen molar-refractivity contribution >= 4 is 5.82 Å². The molecular weight excluding hydrogens is 252 g/mol. The van der Waals surface area contributed by atoms with Crippen LogP contribution >= 0.6 is 0 Å². The van der Waals surface area contributed by atoms with Crippen molar-refractivity contribution in [3.63, 3.8) is 0 Å². The Bertz CT molecular complexity index is 380. The van der Waals surface area contributed by atoms with Gasteiger partial charge in [0.25, 0.3) is 0 Å². The summed E-state index contributed by atoms with van der Waals surface area (Å²) in [5.41, 5.74) is 7.45. The van der Waals surface area contributed by atoms with Crippen LogP contribution in [0.1, 0.15) is 51.6 Å². The lowest BCUT2D eigenvalue weighted by atomic mass is 9.84. The van der Waals surface area contributed by atoms with Crippen molar-refractivity contribution in [3.8, 4) is 0 Å². The van der Waals surface area contributed by atoms with Crippen LogP contribution in [-0.4, -0.2) is 23.3 Å². The first kappa shape index (κ1) is 16.9. The average molecular weight is 280 g/mol. The molecule has 0 bridgehead atoms. The van der Waals surface area contributed by atoms with Gasteiger partial charge in [0.2, 0.25) is 0 Å². The molecule has 1 unspecified atom stereocenters. The fourth-order valence-corrected chi connectivity index (χ4v) is 2.39. The molecule has 1 fully saturated rings.